The SMILES string of the molecule is CC(C)(CN)NC(=O)c1ccc(CNC(=O)C23CC4CC(CC(C4)C2)C3)cc1.Cl. The molecule has 0 spiro atoms. The van der Waals surface area contributed by atoms with E-state index in [4.69, 9.17) is 5.73 Å². The van der Waals surface area contributed by atoms with Gasteiger partial charge in [-0.05, 0) is 87.8 Å². The molecule has 4 bridgehead atoms. The van der Waals surface area contributed by atoms with E-state index in [-0.39, 0.29) is 29.6 Å². The zero-order chi connectivity index (χ0) is 19.9. The first kappa shape index (κ1) is 22.1. The highest BCUT2D eigenvalue weighted by atomic mass is 35.5. The standard InChI is InChI=1S/C23H33N3O2.ClH/c1-22(2,14-24)26-20(27)19-5-3-15(4-6-19)13-25-21(28)23-10-16-7-17(11-23)9-18(8-16)12-23;/h3-6,16-18H,7-14,24H2,1-2H3,(H,25,28)(H,26,27);1H. The topological polar surface area (TPSA) is 84.2 Å². The van der Waals surface area contributed by atoms with Crippen molar-refractivity contribution in [3.8, 4) is 0 Å². The third-order valence-electron chi connectivity index (χ3n) is 7.15. The number of hydrogen-bond acceptors (Lipinski definition) is 3. The molecule has 160 valence electrons. The fraction of sp³-hybridized carbons (Fsp3) is 0.652. The monoisotopic (exact) mass is 419 g/mol. The molecule has 4 aliphatic rings. The summed E-state index contributed by atoms with van der Waals surface area (Å²) < 4.78 is 0. The lowest BCUT2D eigenvalue weighted by molar-refractivity contribution is -0.146. The van der Waals surface area contributed by atoms with Gasteiger partial charge in [-0.25, -0.2) is 0 Å². The molecule has 1 aromatic carbocycles. The molecule has 0 unspecified atom stereocenters. The van der Waals surface area contributed by atoms with Gasteiger partial charge >= 0.3 is 0 Å². The number of benzene rings is 1. The molecule has 1 aromatic rings. The minimum Gasteiger partial charge on any atom is -0.352 e. The van der Waals surface area contributed by atoms with E-state index in [1.807, 2.05) is 38.1 Å². The summed E-state index contributed by atoms with van der Waals surface area (Å²) in [6, 6.07) is 7.47. The van der Waals surface area contributed by atoms with Crippen LogP contribution in [0.5, 0.6) is 0 Å². The fourth-order valence-corrected chi connectivity index (χ4v) is 5.96. The van der Waals surface area contributed by atoms with Crippen LogP contribution in [0.1, 0.15) is 68.3 Å². The lowest BCUT2D eigenvalue weighted by Gasteiger charge is -2.55. The Morgan fingerprint density at radius 3 is 2.03 bits per heavy atom. The van der Waals surface area contributed by atoms with E-state index in [9.17, 15) is 9.59 Å². The van der Waals surface area contributed by atoms with Crippen LogP contribution >= 0.6 is 12.4 Å². The van der Waals surface area contributed by atoms with Crippen LogP contribution in [0.3, 0.4) is 0 Å². The number of rotatable bonds is 6. The van der Waals surface area contributed by atoms with Crippen LogP contribution in [0.25, 0.3) is 0 Å². The van der Waals surface area contributed by atoms with Gasteiger partial charge < -0.3 is 16.4 Å². The molecule has 0 aliphatic heterocycles. The Morgan fingerprint density at radius 1 is 1.03 bits per heavy atom. The van der Waals surface area contributed by atoms with E-state index >= 15 is 0 Å². The van der Waals surface area contributed by atoms with Crippen molar-refractivity contribution in [2.45, 2.75) is 64.5 Å². The van der Waals surface area contributed by atoms with Crippen LogP contribution in [0.4, 0.5) is 0 Å². The van der Waals surface area contributed by atoms with E-state index in [0.717, 1.165) is 42.6 Å². The van der Waals surface area contributed by atoms with Crippen molar-refractivity contribution >= 4 is 24.2 Å². The summed E-state index contributed by atoms with van der Waals surface area (Å²) in [5, 5.41) is 6.13. The van der Waals surface area contributed by atoms with Crippen LogP contribution in [0.15, 0.2) is 24.3 Å². The Hall–Kier alpha value is -1.59. The first-order valence-corrected chi connectivity index (χ1v) is 10.7. The maximum atomic E-state index is 13.0. The van der Waals surface area contributed by atoms with Gasteiger partial charge in [0.1, 0.15) is 0 Å². The summed E-state index contributed by atoms with van der Waals surface area (Å²) in [5.74, 6) is 2.44. The third-order valence-corrected chi connectivity index (χ3v) is 7.15. The molecule has 5 nitrogen and oxygen atoms in total. The Kier molecular flexibility index (Phi) is 6.30. The minimum absolute atomic E-state index is 0. The molecule has 4 saturated carbocycles. The number of halogens is 1. The van der Waals surface area contributed by atoms with Crippen molar-refractivity contribution in [2.24, 2.45) is 28.9 Å². The van der Waals surface area contributed by atoms with Crippen LogP contribution in [0.2, 0.25) is 0 Å². The molecule has 4 fully saturated rings. The Labute approximate surface area is 180 Å². The van der Waals surface area contributed by atoms with Crippen LogP contribution in [-0.2, 0) is 11.3 Å². The molecule has 2 amide bonds. The fourth-order valence-electron chi connectivity index (χ4n) is 5.96. The Balaban J connectivity index is 0.00000240. The van der Waals surface area contributed by atoms with E-state index < -0.39 is 5.54 Å². The summed E-state index contributed by atoms with van der Waals surface area (Å²) in [6.45, 7) is 4.71. The van der Waals surface area contributed by atoms with E-state index in [1.54, 1.807) is 0 Å². The summed E-state index contributed by atoms with van der Waals surface area (Å²) >= 11 is 0. The van der Waals surface area contributed by atoms with Gasteiger partial charge in [0.15, 0.2) is 0 Å². The maximum absolute atomic E-state index is 13.0. The van der Waals surface area contributed by atoms with Gasteiger partial charge in [-0.3, -0.25) is 9.59 Å². The van der Waals surface area contributed by atoms with Crippen LogP contribution in [-0.4, -0.2) is 23.9 Å². The Bertz CT molecular complexity index is 725. The van der Waals surface area contributed by atoms with Gasteiger partial charge in [0.05, 0.1) is 0 Å². The van der Waals surface area contributed by atoms with Crippen molar-refractivity contribution in [1.82, 2.24) is 10.6 Å². The zero-order valence-corrected chi connectivity index (χ0v) is 18.3. The van der Waals surface area contributed by atoms with E-state index in [1.165, 1.54) is 19.3 Å². The molecule has 4 aliphatic carbocycles. The second-order valence-corrected chi connectivity index (χ2v) is 10.1. The van der Waals surface area contributed by atoms with Gasteiger partial charge in [0.2, 0.25) is 5.91 Å². The number of carbonyl (C=O) groups is 2. The second-order valence-electron chi connectivity index (χ2n) is 10.1. The van der Waals surface area contributed by atoms with Crippen LogP contribution in [0, 0.1) is 23.2 Å². The molecule has 0 heterocycles. The normalized spacial score (nSPS) is 29.8. The molecule has 0 saturated heterocycles. The first-order chi connectivity index (χ1) is 13.3. The van der Waals surface area contributed by atoms with Crippen LogP contribution < -0.4 is 16.4 Å². The highest BCUT2D eigenvalue weighted by Crippen LogP contribution is 2.60. The molecule has 4 N–H and O–H groups in total. The van der Waals surface area contributed by atoms with Crippen molar-refractivity contribution in [3.63, 3.8) is 0 Å². The smallest absolute Gasteiger partial charge is 0.251 e. The highest BCUT2D eigenvalue weighted by Gasteiger charge is 2.54. The number of nitrogens with one attached hydrogen (secondary N) is 2. The molecule has 6 heteroatoms. The van der Waals surface area contributed by atoms with E-state index in [2.05, 4.69) is 10.6 Å². The lowest BCUT2D eigenvalue weighted by atomic mass is 9.49. The van der Waals surface area contributed by atoms with Gasteiger partial charge in [-0.2, -0.15) is 0 Å². The van der Waals surface area contributed by atoms with E-state index in [0.29, 0.717) is 18.7 Å². The van der Waals surface area contributed by atoms with Gasteiger partial charge in [0.25, 0.3) is 5.91 Å². The average Bonchev–Trinajstić information content (AvgIpc) is 2.65. The molecular formula is C23H34ClN3O2. The number of carbonyl (C=O) groups excluding carboxylic acids is 2. The number of hydrogen-bond donors (Lipinski definition) is 3. The second kappa shape index (κ2) is 8.27. The largest absolute Gasteiger partial charge is 0.352 e. The molecule has 29 heavy (non-hydrogen) atoms. The highest BCUT2D eigenvalue weighted by molar-refractivity contribution is 5.94. The third kappa shape index (κ3) is 4.61. The van der Waals surface area contributed by atoms with Crippen molar-refractivity contribution in [3.05, 3.63) is 35.4 Å². The molecule has 0 radical (unpaired) electrons. The summed E-state index contributed by atoms with van der Waals surface area (Å²) in [6.07, 6.45) is 7.29. The zero-order valence-electron chi connectivity index (χ0n) is 17.5. The summed E-state index contributed by atoms with van der Waals surface area (Å²) in [4.78, 5) is 25.4. The van der Waals surface area contributed by atoms with Crippen molar-refractivity contribution in [2.75, 3.05) is 6.54 Å². The van der Waals surface area contributed by atoms with Gasteiger partial charge in [0, 0.05) is 29.6 Å². The quantitative estimate of drug-likeness (QED) is 0.660. The Morgan fingerprint density at radius 2 is 1.55 bits per heavy atom. The average molecular weight is 420 g/mol. The minimum atomic E-state index is -0.429. The van der Waals surface area contributed by atoms with Crippen molar-refractivity contribution in [1.29, 1.82) is 0 Å². The molecular weight excluding hydrogens is 386 g/mol. The van der Waals surface area contributed by atoms with Gasteiger partial charge in [-0.15, -0.1) is 12.4 Å². The summed E-state index contributed by atoms with van der Waals surface area (Å²) in [5.41, 5.74) is 6.77. The lowest BCUT2D eigenvalue weighted by Crippen LogP contribution is -2.53. The summed E-state index contributed by atoms with van der Waals surface area (Å²) in [7, 11) is 0. The van der Waals surface area contributed by atoms with Gasteiger partial charge in [-0.1, -0.05) is 12.1 Å². The van der Waals surface area contributed by atoms with Crippen molar-refractivity contribution < 1.29 is 9.59 Å². The predicted octanol–water partition coefficient (Wildman–Crippen LogP) is 3.41. The molecule has 0 aromatic heterocycles. The number of nitrogens with two attached hydrogens (primary N) is 1. The molecule has 0 atom stereocenters. The molecule has 5 rings (SSSR count). The first-order valence-electron chi connectivity index (χ1n) is 10.7. The maximum Gasteiger partial charge on any atom is 0.251 e. The predicted molar refractivity (Wildman–Crippen MR) is 117 cm³/mol. The number of amides is 2.